The molecule has 0 aromatic heterocycles. The van der Waals surface area contributed by atoms with Crippen LogP contribution in [0.4, 0.5) is 0 Å². The Morgan fingerprint density at radius 1 is 1.12 bits per heavy atom. The van der Waals surface area contributed by atoms with Crippen LogP contribution in [0.25, 0.3) is 0 Å². The molecule has 0 radical (unpaired) electrons. The molecule has 3 aliphatic carbocycles. The van der Waals surface area contributed by atoms with Crippen molar-refractivity contribution in [1.29, 1.82) is 0 Å². The molecule has 1 aromatic carbocycles. The second-order valence-corrected chi connectivity index (χ2v) is 10.8. The molecular formula is C29H37NO3. The Kier molecular flexibility index (Phi) is 6.39. The molecular weight excluding hydrogens is 410 g/mol. The third-order valence-electron chi connectivity index (χ3n) is 9.04. The van der Waals surface area contributed by atoms with Crippen molar-refractivity contribution < 1.29 is 14.7 Å². The Morgan fingerprint density at radius 2 is 1.85 bits per heavy atom. The predicted molar refractivity (Wildman–Crippen MR) is 132 cm³/mol. The van der Waals surface area contributed by atoms with Crippen molar-refractivity contribution in [3.63, 3.8) is 0 Å². The highest BCUT2D eigenvalue weighted by Crippen LogP contribution is 2.62. The van der Waals surface area contributed by atoms with E-state index in [1.165, 1.54) is 17.2 Å². The molecule has 4 heteroatoms. The fraction of sp³-hybridized carbons (Fsp3) is 0.517. The third-order valence-corrected chi connectivity index (χ3v) is 9.04. The molecule has 0 heterocycles. The van der Waals surface area contributed by atoms with Crippen LogP contribution in [-0.4, -0.2) is 23.2 Å². The molecule has 0 bridgehead atoms. The molecule has 0 saturated heterocycles. The highest BCUT2D eigenvalue weighted by molar-refractivity contribution is 6.48. The number of nitrogens with one attached hydrogen (secondary N) is 1. The van der Waals surface area contributed by atoms with Crippen LogP contribution in [0.2, 0.25) is 0 Å². The fourth-order valence-corrected chi connectivity index (χ4v) is 6.56. The number of rotatable bonds is 6. The summed E-state index contributed by atoms with van der Waals surface area (Å²) in [5.74, 6) is -0.312. The smallest absolute Gasteiger partial charge is 0.232 e. The number of fused-ring (bicyclic) bond motifs is 1. The van der Waals surface area contributed by atoms with Gasteiger partial charge in [0.15, 0.2) is 0 Å². The number of hydrogen-bond donors (Lipinski definition) is 2. The molecule has 33 heavy (non-hydrogen) atoms. The lowest BCUT2D eigenvalue weighted by Crippen LogP contribution is -2.50. The molecule has 2 N–H and O–H groups in total. The van der Waals surface area contributed by atoms with Crippen LogP contribution < -0.4 is 5.32 Å². The lowest BCUT2D eigenvalue weighted by molar-refractivity contribution is -0.132. The van der Waals surface area contributed by atoms with Gasteiger partial charge in [-0.15, -0.1) is 0 Å². The first kappa shape index (κ1) is 23.5. The predicted octanol–water partition coefficient (Wildman–Crippen LogP) is 5.86. The summed E-state index contributed by atoms with van der Waals surface area (Å²) in [5, 5.41) is 14.3. The lowest BCUT2D eigenvalue weighted by atomic mass is 9.46. The van der Waals surface area contributed by atoms with E-state index >= 15 is 0 Å². The zero-order chi connectivity index (χ0) is 23.8. The quantitative estimate of drug-likeness (QED) is 0.326. The summed E-state index contributed by atoms with van der Waals surface area (Å²) in [7, 11) is 0. The molecule has 1 saturated carbocycles. The molecule has 0 amide bonds. The largest absolute Gasteiger partial charge is 0.505 e. The summed E-state index contributed by atoms with van der Waals surface area (Å²) in [6.07, 6.45) is 9.22. The van der Waals surface area contributed by atoms with Gasteiger partial charge in [0.25, 0.3) is 0 Å². The van der Waals surface area contributed by atoms with E-state index in [-0.39, 0.29) is 22.2 Å². The first-order valence-corrected chi connectivity index (χ1v) is 12.3. The molecule has 4 atom stereocenters. The van der Waals surface area contributed by atoms with Crippen LogP contribution in [0, 0.1) is 22.7 Å². The SMILES string of the molecule is CC1=CCC[C@H]2[C@@](C)(CC3=C(O)C(NCCc4ccccc4)=CC(=O)C3=O)[C@@H](C)CC[C@@]12C. The molecule has 4 rings (SSSR count). The zero-order valence-corrected chi connectivity index (χ0v) is 20.4. The third kappa shape index (κ3) is 4.20. The van der Waals surface area contributed by atoms with E-state index in [2.05, 4.69) is 51.2 Å². The number of allylic oxidation sites excluding steroid dienone is 4. The number of aliphatic hydroxyl groups excluding tert-OH is 1. The minimum Gasteiger partial charge on any atom is -0.505 e. The monoisotopic (exact) mass is 447 g/mol. The Labute approximate surface area is 197 Å². The van der Waals surface area contributed by atoms with Crippen molar-refractivity contribution in [2.75, 3.05) is 6.54 Å². The number of aliphatic hydroxyl groups is 1. The van der Waals surface area contributed by atoms with Gasteiger partial charge in [-0.25, -0.2) is 0 Å². The summed E-state index contributed by atoms with van der Waals surface area (Å²) in [6.45, 7) is 9.73. The van der Waals surface area contributed by atoms with Crippen LogP contribution >= 0.6 is 0 Å². The molecule has 4 nitrogen and oxygen atoms in total. The molecule has 0 unspecified atom stereocenters. The van der Waals surface area contributed by atoms with Crippen molar-refractivity contribution in [1.82, 2.24) is 5.32 Å². The minimum absolute atomic E-state index is 0.0450. The number of benzene rings is 1. The van der Waals surface area contributed by atoms with Crippen LogP contribution in [0.3, 0.4) is 0 Å². The number of ketones is 2. The fourth-order valence-electron chi connectivity index (χ4n) is 6.56. The average Bonchev–Trinajstić information content (AvgIpc) is 2.80. The van der Waals surface area contributed by atoms with Gasteiger partial charge in [-0.05, 0) is 73.7 Å². The maximum atomic E-state index is 13.0. The van der Waals surface area contributed by atoms with Crippen molar-refractivity contribution in [2.45, 2.75) is 66.2 Å². The Balaban J connectivity index is 1.59. The molecule has 0 spiro atoms. The molecule has 3 aliphatic rings. The molecule has 1 aromatic rings. The normalized spacial score (nSPS) is 32.2. The van der Waals surface area contributed by atoms with Crippen molar-refractivity contribution in [2.24, 2.45) is 22.7 Å². The van der Waals surface area contributed by atoms with Crippen LogP contribution in [0.15, 0.2) is 65.1 Å². The highest BCUT2D eigenvalue weighted by atomic mass is 16.3. The van der Waals surface area contributed by atoms with E-state index in [1.54, 1.807) is 0 Å². The Morgan fingerprint density at radius 3 is 2.58 bits per heavy atom. The highest BCUT2D eigenvalue weighted by Gasteiger charge is 2.54. The number of Topliss-reactive ketones (excluding diaryl/α,β-unsaturated/α-hetero) is 1. The first-order valence-electron chi connectivity index (χ1n) is 12.3. The molecule has 1 fully saturated rings. The maximum absolute atomic E-state index is 13.0. The minimum atomic E-state index is -0.551. The average molecular weight is 448 g/mol. The first-order chi connectivity index (χ1) is 15.7. The molecule has 0 aliphatic heterocycles. The van der Waals surface area contributed by atoms with E-state index in [0.717, 1.165) is 32.1 Å². The van der Waals surface area contributed by atoms with E-state index in [1.807, 2.05) is 18.2 Å². The summed E-state index contributed by atoms with van der Waals surface area (Å²) >= 11 is 0. The topological polar surface area (TPSA) is 66.4 Å². The van der Waals surface area contributed by atoms with Crippen molar-refractivity contribution >= 4 is 11.6 Å². The van der Waals surface area contributed by atoms with Gasteiger partial charge in [-0.1, -0.05) is 62.8 Å². The maximum Gasteiger partial charge on any atom is 0.232 e. The summed E-state index contributed by atoms with van der Waals surface area (Å²) < 4.78 is 0. The lowest BCUT2D eigenvalue weighted by Gasteiger charge is -2.58. The second kappa shape index (κ2) is 8.96. The van der Waals surface area contributed by atoms with E-state index in [4.69, 9.17) is 0 Å². The van der Waals surface area contributed by atoms with Crippen molar-refractivity contribution in [3.05, 3.63) is 70.6 Å². The van der Waals surface area contributed by atoms with Gasteiger partial charge in [0.1, 0.15) is 5.76 Å². The second-order valence-electron chi connectivity index (χ2n) is 10.8. The van der Waals surface area contributed by atoms with Gasteiger partial charge >= 0.3 is 0 Å². The van der Waals surface area contributed by atoms with Crippen LogP contribution in [0.5, 0.6) is 0 Å². The molecule has 176 valence electrons. The Hall–Kier alpha value is -2.62. The summed E-state index contributed by atoms with van der Waals surface area (Å²) in [5.41, 5.74) is 3.24. The van der Waals surface area contributed by atoms with Gasteiger partial charge in [0.2, 0.25) is 11.6 Å². The van der Waals surface area contributed by atoms with Crippen LogP contribution in [-0.2, 0) is 16.0 Å². The van der Waals surface area contributed by atoms with E-state index < -0.39 is 11.6 Å². The van der Waals surface area contributed by atoms with Gasteiger partial charge in [-0.2, -0.15) is 0 Å². The van der Waals surface area contributed by atoms with Gasteiger partial charge in [0, 0.05) is 18.2 Å². The Bertz CT molecular complexity index is 1030. The number of carbonyl (C=O) groups excluding carboxylic acids is 2. The van der Waals surface area contributed by atoms with Gasteiger partial charge in [0.05, 0.1) is 5.70 Å². The summed E-state index contributed by atoms with van der Waals surface area (Å²) in [6, 6.07) is 10.1. The number of carbonyl (C=O) groups is 2. The van der Waals surface area contributed by atoms with E-state index in [9.17, 15) is 14.7 Å². The summed E-state index contributed by atoms with van der Waals surface area (Å²) in [4.78, 5) is 25.6. The standard InChI is InChI=1S/C29H37NO3/c1-19-9-8-12-25-28(19,3)15-13-20(2)29(25,4)18-22-26(32)23(17-24(31)27(22)33)30-16-14-21-10-6-5-7-11-21/h5-7,9-11,17,20,25,30,32H,8,12-16,18H2,1-4H3/t20-,25+,28-,29-/m0/s1. The zero-order valence-electron chi connectivity index (χ0n) is 20.4. The van der Waals surface area contributed by atoms with Gasteiger partial charge < -0.3 is 10.4 Å². The van der Waals surface area contributed by atoms with Crippen molar-refractivity contribution in [3.8, 4) is 0 Å². The number of hydrogen-bond acceptors (Lipinski definition) is 4. The van der Waals surface area contributed by atoms with Crippen LogP contribution in [0.1, 0.15) is 65.4 Å². The van der Waals surface area contributed by atoms with E-state index in [0.29, 0.717) is 30.5 Å². The van der Waals surface area contributed by atoms with Gasteiger partial charge in [-0.3, -0.25) is 9.59 Å².